The van der Waals surface area contributed by atoms with Crippen LogP contribution in [0.5, 0.6) is 5.75 Å². The Morgan fingerprint density at radius 1 is 1.54 bits per heavy atom. The SMILES string of the molecule is COc1ccc(CC#N)c(SC)c1. The highest BCUT2D eigenvalue weighted by molar-refractivity contribution is 7.98. The first-order valence-electron chi connectivity index (χ1n) is 3.89. The second kappa shape index (κ2) is 4.78. The van der Waals surface area contributed by atoms with Crippen LogP contribution in [0, 0.1) is 11.3 Å². The molecule has 0 aliphatic carbocycles. The van der Waals surface area contributed by atoms with Gasteiger partial charge in [-0.2, -0.15) is 5.26 Å². The molecule has 0 heterocycles. The Morgan fingerprint density at radius 2 is 2.31 bits per heavy atom. The van der Waals surface area contributed by atoms with E-state index in [1.165, 1.54) is 0 Å². The first-order chi connectivity index (χ1) is 6.31. The molecule has 1 aromatic rings. The third kappa shape index (κ3) is 2.40. The molecule has 0 aliphatic rings. The van der Waals surface area contributed by atoms with E-state index in [1.54, 1.807) is 18.9 Å². The summed E-state index contributed by atoms with van der Waals surface area (Å²) in [7, 11) is 1.64. The fourth-order valence-electron chi connectivity index (χ4n) is 1.08. The van der Waals surface area contributed by atoms with Crippen LogP contribution in [0.4, 0.5) is 0 Å². The van der Waals surface area contributed by atoms with Crippen molar-refractivity contribution in [3.63, 3.8) is 0 Å². The average molecular weight is 193 g/mol. The lowest BCUT2D eigenvalue weighted by Gasteiger charge is -2.06. The zero-order chi connectivity index (χ0) is 9.68. The molecule has 0 saturated heterocycles. The van der Waals surface area contributed by atoms with Gasteiger partial charge in [0.15, 0.2) is 0 Å². The van der Waals surface area contributed by atoms with Crippen molar-refractivity contribution in [1.82, 2.24) is 0 Å². The molecule has 0 aromatic heterocycles. The van der Waals surface area contributed by atoms with Crippen molar-refractivity contribution in [2.24, 2.45) is 0 Å². The molecule has 0 bridgehead atoms. The van der Waals surface area contributed by atoms with Crippen LogP contribution in [0.25, 0.3) is 0 Å². The zero-order valence-electron chi connectivity index (χ0n) is 7.70. The summed E-state index contributed by atoms with van der Waals surface area (Å²) in [5.74, 6) is 0.839. The fraction of sp³-hybridized carbons (Fsp3) is 0.300. The van der Waals surface area contributed by atoms with Gasteiger partial charge in [0.2, 0.25) is 0 Å². The van der Waals surface area contributed by atoms with Crippen molar-refractivity contribution < 1.29 is 4.74 Å². The van der Waals surface area contributed by atoms with Crippen molar-refractivity contribution in [3.8, 4) is 11.8 Å². The van der Waals surface area contributed by atoms with Gasteiger partial charge in [0.1, 0.15) is 5.75 Å². The third-order valence-electron chi connectivity index (χ3n) is 1.76. The van der Waals surface area contributed by atoms with Gasteiger partial charge in [-0.15, -0.1) is 11.8 Å². The molecule has 0 atom stereocenters. The van der Waals surface area contributed by atoms with E-state index in [0.717, 1.165) is 16.2 Å². The van der Waals surface area contributed by atoms with E-state index in [-0.39, 0.29) is 0 Å². The van der Waals surface area contributed by atoms with Crippen molar-refractivity contribution in [2.45, 2.75) is 11.3 Å². The molecule has 1 rings (SSSR count). The second-order valence-electron chi connectivity index (χ2n) is 2.51. The molecule has 0 unspecified atom stereocenters. The fourth-order valence-corrected chi connectivity index (χ4v) is 1.72. The molecule has 0 saturated carbocycles. The summed E-state index contributed by atoms with van der Waals surface area (Å²) in [5, 5.41) is 8.58. The first-order valence-corrected chi connectivity index (χ1v) is 5.12. The maximum atomic E-state index is 8.58. The van der Waals surface area contributed by atoms with E-state index in [1.807, 2.05) is 24.5 Å². The first kappa shape index (κ1) is 9.94. The Kier molecular flexibility index (Phi) is 3.66. The third-order valence-corrected chi connectivity index (χ3v) is 2.58. The van der Waals surface area contributed by atoms with Gasteiger partial charge in [-0.25, -0.2) is 0 Å². The molecule has 68 valence electrons. The Labute approximate surface area is 82.5 Å². The summed E-state index contributed by atoms with van der Waals surface area (Å²) < 4.78 is 5.09. The normalized spacial score (nSPS) is 9.31. The number of methoxy groups -OCH3 is 1. The summed E-state index contributed by atoms with van der Waals surface area (Å²) in [6.45, 7) is 0. The minimum Gasteiger partial charge on any atom is -0.497 e. The molecule has 13 heavy (non-hydrogen) atoms. The number of thioether (sulfide) groups is 1. The van der Waals surface area contributed by atoms with E-state index < -0.39 is 0 Å². The summed E-state index contributed by atoms with van der Waals surface area (Å²) in [5.41, 5.74) is 1.07. The highest BCUT2D eigenvalue weighted by atomic mass is 32.2. The van der Waals surface area contributed by atoms with Gasteiger partial charge in [0, 0.05) is 4.90 Å². The lowest BCUT2D eigenvalue weighted by atomic mass is 10.1. The Hall–Kier alpha value is -1.14. The van der Waals surface area contributed by atoms with Gasteiger partial charge in [-0.3, -0.25) is 0 Å². The molecular formula is C10H11NOS. The maximum Gasteiger partial charge on any atom is 0.119 e. The predicted octanol–water partition coefficient (Wildman–Crippen LogP) is 2.48. The number of rotatable bonds is 3. The highest BCUT2D eigenvalue weighted by Gasteiger charge is 2.02. The van der Waals surface area contributed by atoms with E-state index in [0.29, 0.717) is 6.42 Å². The molecule has 0 fully saturated rings. The number of benzene rings is 1. The van der Waals surface area contributed by atoms with Crippen LogP contribution in [0.2, 0.25) is 0 Å². The minimum absolute atomic E-state index is 0.458. The summed E-state index contributed by atoms with van der Waals surface area (Å²) in [4.78, 5) is 1.11. The second-order valence-corrected chi connectivity index (χ2v) is 3.36. The lowest BCUT2D eigenvalue weighted by Crippen LogP contribution is -1.88. The summed E-state index contributed by atoms with van der Waals surface area (Å²) >= 11 is 1.63. The van der Waals surface area contributed by atoms with Gasteiger partial charge >= 0.3 is 0 Å². The number of hydrogen-bond donors (Lipinski definition) is 0. The molecule has 0 N–H and O–H groups in total. The summed E-state index contributed by atoms with van der Waals surface area (Å²) in [6, 6.07) is 7.92. The topological polar surface area (TPSA) is 33.0 Å². The van der Waals surface area contributed by atoms with E-state index >= 15 is 0 Å². The molecule has 0 spiro atoms. The van der Waals surface area contributed by atoms with Crippen molar-refractivity contribution in [1.29, 1.82) is 5.26 Å². The summed E-state index contributed by atoms with van der Waals surface area (Å²) in [6.07, 6.45) is 2.45. The standard InChI is InChI=1S/C10H11NOS/c1-12-9-4-3-8(5-6-11)10(7-9)13-2/h3-4,7H,5H2,1-2H3. The Bertz CT molecular complexity index is 330. The maximum absolute atomic E-state index is 8.58. The minimum atomic E-state index is 0.458. The monoisotopic (exact) mass is 193 g/mol. The zero-order valence-corrected chi connectivity index (χ0v) is 8.52. The molecule has 3 heteroatoms. The van der Waals surface area contributed by atoms with Gasteiger partial charge in [0.05, 0.1) is 19.6 Å². The molecule has 1 aromatic carbocycles. The Balaban J connectivity index is 3.02. The molecule has 0 amide bonds. The van der Waals surface area contributed by atoms with Gasteiger partial charge in [-0.1, -0.05) is 6.07 Å². The van der Waals surface area contributed by atoms with Gasteiger partial charge in [-0.05, 0) is 24.0 Å². The lowest BCUT2D eigenvalue weighted by molar-refractivity contribution is 0.413. The smallest absolute Gasteiger partial charge is 0.119 e. The molecule has 0 aliphatic heterocycles. The van der Waals surface area contributed by atoms with Crippen molar-refractivity contribution >= 4 is 11.8 Å². The van der Waals surface area contributed by atoms with Crippen molar-refractivity contribution in [2.75, 3.05) is 13.4 Å². The molecule has 0 radical (unpaired) electrons. The van der Waals surface area contributed by atoms with Crippen LogP contribution >= 0.6 is 11.8 Å². The van der Waals surface area contributed by atoms with Crippen molar-refractivity contribution in [3.05, 3.63) is 23.8 Å². The molecule has 2 nitrogen and oxygen atoms in total. The number of hydrogen-bond acceptors (Lipinski definition) is 3. The van der Waals surface area contributed by atoms with E-state index in [4.69, 9.17) is 10.00 Å². The van der Waals surface area contributed by atoms with Gasteiger partial charge < -0.3 is 4.74 Å². The quantitative estimate of drug-likeness (QED) is 0.691. The van der Waals surface area contributed by atoms with Crippen LogP contribution < -0.4 is 4.74 Å². The largest absolute Gasteiger partial charge is 0.497 e. The van der Waals surface area contributed by atoms with Crippen LogP contribution in [-0.2, 0) is 6.42 Å². The van der Waals surface area contributed by atoms with Gasteiger partial charge in [0.25, 0.3) is 0 Å². The Morgan fingerprint density at radius 3 is 2.85 bits per heavy atom. The number of ether oxygens (including phenoxy) is 1. The number of nitrogens with zero attached hydrogens (tertiary/aromatic N) is 1. The predicted molar refractivity (Wildman–Crippen MR) is 54.1 cm³/mol. The van der Waals surface area contributed by atoms with Crippen LogP contribution in [0.3, 0.4) is 0 Å². The van der Waals surface area contributed by atoms with Crippen LogP contribution in [0.1, 0.15) is 5.56 Å². The van der Waals surface area contributed by atoms with Crippen LogP contribution in [-0.4, -0.2) is 13.4 Å². The van der Waals surface area contributed by atoms with Crippen LogP contribution in [0.15, 0.2) is 23.1 Å². The highest BCUT2D eigenvalue weighted by Crippen LogP contribution is 2.25. The number of nitriles is 1. The van der Waals surface area contributed by atoms with E-state index in [2.05, 4.69) is 6.07 Å². The van der Waals surface area contributed by atoms with E-state index in [9.17, 15) is 0 Å². The average Bonchev–Trinajstić information content (AvgIpc) is 2.19. The molecular weight excluding hydrogens is 182 g/mol.